The van der Waals surface area contributed by atoms with Gasteiger partial charge in [-0.05, 0) is 42.9 Å². The van der Waals surface area contributed by atoms with E-state index in [1.807, 2.05) is 0 Å². The summed E-state index contributed by atoms with van der Waals surface area (Å²) >= 11 is 0. The van der Waals surface area contributed by atoms with Crippen molar-refractivity contribution in [2.75, 3.05) is 0 Å². The molecule has 0 spiro atoms. The lowest BCUT2D eigenvalue weighted by Gasteiger charge is -2.38. The lowest BCUT2D eigenvalue weighted by atomic mass is 9.73. The van der Waals surface area contributed by atoms with E-state index in [1.165, 1.54) is 12.1 Å². The van der Waals surface area contributed by atoms with Gasteiger partial charge in [0.15, 0.2) is 0 Å². The standard InChI is InChI=1S/C14H19F2N/c1-9(2)10-6-13(7-10)17-8-11-5-12(15)3-4-14(11)16/h3-5,9-10,13,17H,6-8H2,1-2H3. The molecule has 3 heteroatoms. The fourth-order valence-corrected chi connectivity index (χ4v) is 2.31. The van der Waals surface area contributed by atoms with Gasteiger partial charge in [-0.15, -0.1) is 0 Å². The summed E-state index contributed by atoms with van der Waals surface area (Å²) in [7, 11) is 0. The third-order valence-electron chi connectivity index (χ3n) is 3.71. The SMILES string of the molecule is CC(C)C1CC(NCc2cc(F)ccc2F)C1. The van der Waals surface area contributed by atoms with Gasteiger partial charge in [0, 0.05) is 18.2 Å². The lowest BCUT2D eigenvalue weighted by molar-refractivity contribution is 0.167. The minimum Gasteiger partial charge on any atom is -0.310 e. The predicted octanol–water partition coefficient (Wildman–Crippen LogP) is 3.49. The van der Waals surface area contributed by atoms with E-state index in [1.54, 1.807) is 0 Å². The van der Waals surface area contributed by atoms with Crippen LogP contribution in [0, 0.1) is 23.5 Å². The van der Waals surface area contributed by atoms with Crippen LogP contribution in [0.15, 0.2) is 18.2 Å². The molecule has 1 aliphatic rings. The van der Waals surface area contributed by atoms with Crippen LogP contribution in [0.5, 0.6) is 0 Å². The molecule has 0 aromatic heterocycles. The van der Waals surface area contributed by atoms with Gasteiger partial charge < -0.3 is 5.32 Å². The first-order valence-electron chi connectivity index (χ1n) is 6.23. The molecule has 0 radical (unpaired) electrons. The minimum absolute atomic E-state index is 0.335. The third kappa shape index (κ3) is 3.03. The highest BCUT2D eigenvalue weighted by Gasteiger charge is 2.30. The second-order valence-electron chi connectivity index (χ2n) is 5.29. The molecule has 0 unspecified atom stereocenters. The van der Waals surface area contributed by atoms with E-state index >= 15 is 0 Å². The van der Waals surface area contributed by atoms with Gasteiger partial charge in [-0.3, -0.25) is 0 Å². The molecule has 0 aliphatic heterocycles. The average molecular weight is 239 g/mol. The summed E-state index contributed by atoms with van der Waals surface area (Å²) in [5.74, 6) is 0.791. The Hall–Kier alpha value is -0.960. The molecule has 0 amide bonds. The predicted molar refractivity (Wildman–Crippen MR) is 64.5 cm³/mol. The Balaban J connectivity index is 1.81. The van der Waals surface area contributed by atoms with Crippen LogP contribution in [0.1, 0.15) is 32.3 Å². The normalized spacial score (nSPS) is 23.8. The molecule has 1 nitrogen and oxygen atoms in total. The molecule has 1 aromatic carbocycles. The van der Waals surface area contributed by atoms with Crippen molar-refractivity contribution in [3.05, 3.63) is 35.4 Å². The molecule has 1 saturated carbocycles. The number of benzene rings is 1. The molecule has 1 aliphatic carbocycles. The molecule has 0 atom stereocenters. The van der Waals surface area contributed by atoms with Crippen molar-refractivity contribution in [2.24, 2.45) is 11.8 Å². The first-order valence-corrected chi connectivity index (χ1v) is 6.23. The Morgan fingerprint density at radius 2 is 2.00 bits per heavy atom. The van der Waals surface area contributed by atoms with Gasteiger partial charge in [-0.1, -0.05) is 13.8 Å². The smallest absolute Gasteiger partial charge is 0.127 e. The van der Waals surface area contributed by atoms with Crippen LogP contribution in [0.25, 0.3) is 0 Å². The largest absolute Gasteiger partial charge is 0.310 e. The van der Waals surface area contributed by atoms with Crippen molar-refractivity contribution in [1.82, 2.24) is 5.32 Å². The fraction of sp³-hybridized carbons (Fsp3) is 0.571. The molecule has 0 bridgehead atoms. The Morgan fingerprint density at radius 1 is 1.29 bits per heavy atom. The van der Waals surface area contributed by atoms with Crippen LogP contribution in [-0.2, 0) is 6.54 Å². The van der Waals surface area contributed by atoms with E-state index in [9.17, 15) is 8.78 Å². The van der Waals surface area contributed by atoms with E-state index in [2.05, 4.69) is 19.2 Å². The molecule has 1 N–H and O–H groups in total. The van der Waals surface area contributed by atoms with Crippen molar-refractivity contribution in [2.45, 2.75) is 39.3 Å². The van der Waals surface area contributed by atoms with Crippen LogP contribution in [0.4, 0.5) is 8.78 Å². The van der Waals surface area contributed by atoms with Gasteiger partial charge in [0.1, 0.15) is 11.6 Å². The first kappa shape index (κ1) is 12.5. The van der Waals surface area contributed by atoms with Crippen LogP contribution in [-0.4, -0.2) is 6.04 Å². The summed E-state index contributed by atoms with van der Waals surface area (Å²) in [6, 6.07) is 4.06. The first-order chi connectivity index (χ1) is 8.06. The Labute approximate surface area is 101 Å². The molecule has 1 aromatic rings. The van der Waals surface area contributed by atoms with E-state index in [4.69, 9.17) is 0 Å². The second kappa shape index (κ2) is 5.13. The zero-order valence-electron chi connectivity index (χ0n) is 10.3. The fourth-order valence-electron chi connectivity index (χ4n) is 2.31. The highest BCUT2D eigenvalue weighted by Crippen LogP contribution is 2.33. The summed E-state index contributed by atoms with van der Waals surface area (Å²) in [5.41, 5.74) is 0.415. The van der Waals surface area contributed by atoms with Crippen LogP contribution >= 0.6 is 0 Å². The minimum atomic E-state index is -0.378. The second-order valence-corrected chi connectivity index (χ2v) is 5.29. The van der Waals surface area contributed by atoms with Crippen molar-refractivity contribution in [1.29, 1.82) is 0 Å². The van der Waals surface area contributed by atoms with Gasteiger partial charge >= 0.3 is 0 Å². The van der Waals surface area contributed by atoms with E-state index in [0.717, 1.165) is 30.7 Å². The maximum absolute atomic E-state index is 13.3. The van der Waals surface area contributed by atoms with Crippen molar-refractivity contribution < 1.29 is 8.78 Å². The van der Waals surface area contributed by atoms with Gasteiger partial charge in [0.2, 0.25) is 0 Å². The van der Waals surface area contributed by atoms with Gasteiger partial charge in [-0.25, -0.2) is 8.78 Å². The maximum atomic E-state index is 13.3. The zero-order chi connectivity index (χ0) is 12.4. The van der Waals surface area contributed by atoms with E-state index in [0.29, 0.717) is 18.2 Å². The quantitative estimate of drug-likeness (QED) is 0.848. The molecule has 17 heavy (non-hydrogen) atoms. The Bertz CT molecular complexity index is 384. The van der Waals surface area contributed by atoms with Gasteiger partial charge in [0.05, 0.1) is 0 Å². The molecule has 0 heterocycles. The summed E-state index contributed by atoms with van der Waals surface area (Å²) in [6.45, 7) is 4.87. The third-order valence-corrected chi connectivity index (χ3v) is 3.71. The number of hydrogen-bond acceptors (Lipinski definition) is 1. The lowest BCUT2D eigenvalue weighted by Crippen LogP contribution is -2.42. The van der Waals surface area contributed by atoms with E-state index in [-0.39, 0.29) is 11.6 Å². The summed E-state index contributed by atoms with van der Waals surface area (Å²) in [4.78, 5) is 0. The highest BCUT2D eigenvalue weighted by atomic mass is 19.1. The Morgan fingerprint density at radius 3 is 2.65 bits per heavy atom. The van der Waals surface area contributed by atoms with Crippen LogP contribution < -0.4 is 5.32 Å². The average Bonchev–Trinajstić information content (AvgIpc) is 2.20. The molecule has 94 valence electrons. The van der Waals surface area contributed by atoms with Gasteiger partial charge in [0.25, 0.3) is 0 Å². The van der Waals surface area contributed by atoms with Crippen molar-refractivity contribution in [3.8, 4) is 0 Å². The van der Waals surface area contributed by atoms with E-state index < -0.39 is 0 Å². The van der Waals surface area contributed by atoms with Crippen molar-refractivity contribution >= 4 is 0 Å². The molecular formula is C14H19F2N. The molecule has 1 fully saturated rings. The monoisotopic (exact) mass is 239 g/mol. The number of hydrogen-bond donors (Lipinski definition) is 1. The molecule has 2 rings (SSSR count). The summed E-state index contributed by atoms with van der Waals surface area (Å²) in [5, 5.41) is 3.28. The summed E-state index contributed by atoms with van der Waals surface area (Å²) in [6.07, 6.45) is 2.29. The molecule has 0 saturated heterocycles. The Kier molecular flexibility index (Phi) is 3.77. The molecular weight excluding hydrogens is 220 g/mol. The van der Waals surface area contributed by atoms with Crippen molar-refractivity contribution in [3.63, 3.8) is 0 Å². The van der Waals surface area contributed by atoms with Gasteiger partial charge in [-0.2, -0.15) is 0 Å². The van der Waals surface area contributed by atoms with Crippen LogP contribution in [0.3, 0.4) is 0 Å². The number of halogens is 2. The number of rotatable bonds is 4. The maximum Gasteiger partial charge on any atom is 0.127 e. The number of nitrogens with one attached hydrogen (secondary N) is 1. The summed E-state index contributed by atoms with van der Waals surface area (Å²) < 4.78 is 26.3. The highest BCUT2D eigenvalue weighted by molar-refractivity contribution is 5.18. The topological polar surface area (TPSA) is 12.0 Å². The van der Waals surface area contributed by atoms with Crippen LogP contribution in [0.2, 0.25) is 0 Å². The zero-order valence-corrected chi connectivity index (χ0v) is 10.3.